The summed E-state index contributed by atoms with van der Waals surface area (Å²) in [7, 11) is 0. The normalized spacial score (nSPS) is 15.1. The average Bonchev–Trinajstić information content (AvgIpc) is 2.00. The van der Waals surface area contributed by atoms with Crippen LogP contribution in [0.15, 0.2) is 11.6 Å². The third kappa shape index (κ3) is 6.07. The van der Waals surface area contributed by atoms with Crippen molar-refractivity contribution in [2.45, 2.75) is 39.9 Å². The molecule has 0 saturated carbocycles. The van der Waals surface area contributed by atoms with Gasteiger partial charge in [0.15, 0.2) is 6.29 Å². The van der Waals surface area contributed by atoms with Gasteiger partial charge in [-0.25, -0.2) is 0 Å². The molecule has 0 rings (SSSR count). The Morgan fingerprint density at radius 3 is 2.64 bits per heavy atom. The molecule has 0 bridgehead atoms. The van der Waals surface area contributed by atoms with Crippen molar-refractivity contribution in [3.05, 3.63) is 11.6 Å². The van der Waals surface area contributed by atoms with Crippen LogP contribution in [0.4, 0.5) is 0 Å². The second-order valence-corrected chi connectivity index (χ2v) is 2.63. The first kappa shape index (κ1) is 10.7. The first-order valence-electron chi connectivity index (χ1n) is 4.17. The van der Waals surface area contributed by atoms with Gasteiger partial charge in [0, 0.05) is 6.61 Å². The molecule has 1 atom stereocenters. The summed E-state index contributed by atoms with van der Waals surface area (Å²) in [6.07, 6.45) is 2.94. The van der Waals surface area contributed by atoms with E-state index in [4.69, 9.17) is 4.74 Å². The monoisotopic (exact) mass is 158 g/mol. The molecule has 0 aliphatic carbocycles. The second-order valence-electron chi connectivity index (χ2n) is 2.63. The van der Waals surface area contributed by atoms with Gasteiger partial charge in [-0.15, -0.1) is 0 Å². The maximum Gasteiger partial charge on any atom is 0.174 e. The van der Waals surface area contributed by atoms with Gasteiger partial charge in [-0.1, -0.05) is 19.4 Å². The molecule has 0 aromatic rings. The summed E-state index contributed by atoms with van der Waals surface area (Å²) in [6, 6.07) is 0. The van der Waals surface area contributed by atoms with Crippen LogP contribution in [0.5, 0.6) is 0 Å². The maximum atomic E-state index is 9.18. The summed E-state index contributed by atoms with van der Waals surface area (Å²) < 4.78 is 5.04. The zero-order valence-corrected chi connectivity index (χ0v) is 7.63. The number of rotatable bonds is 5. The highest BCUT2D eigenvalue weighted by atomic mass is 16.6. The molecule has 1 N–H and O–H groups in total. The van der Waals surface area contributed by atoms with E-state index in [-0.39, 0.29) is 0 Å². The summed E-state index contributed by atoms with van der Waals surface area (Å²) in [5.41, 5.74) is 1.16. The highest BCUT2D eigenvalue weighted by Gasteiger charge is 1.97. The lowest BCUT2D eigenvalue weighted by Crippen LogP contribution is -2.09. The minimum atomic E-state index is -0.713. The standard InChI is InChI=1S/C9H18O2/c1-4-6-11-9(10)7-8(3)5-2/h7,9-10H,4-6H2,1-3H3. The predicted molar refractivity (Wildman–Crippen MR) is 46.3 cm³/mol. The van der Waals surface area contributed by atoms with E-state index >= 15 is 0 Å². The average molecular weight is 158 g/mol. The van der Waals surface area contributed by atoms with Gasteiger partial charge in [0.1, 0.15) is 0 Å². The number of aliphatic hydroxyl groups is 1. The molecule has 1 unspecified atom stereocenters. The molecule has 0 heterocycles. The Labute approximate surface area is 68.9 Å². The number of allylic oxidation sites excluding steroid dienone is 1. The molecule has 0 aromatic carbocycles. The molecule has 0 radical (unpaired) electrons. The predicted octanol–water partition coefficient (Wildman–Crippen LogP) is 2.09. The maximum absolute atomic E-state index is 9.18. The minimum absolute atomic E-state index is 0.620. The van der Waals surface area contributed by atoms with Gasteiger partial charge in [-0.2, -0.15) is 0 Å². The van der Waals surface area contributed by atoms with E-state index in [9.17, 15) is 5.11 Å². The molecule has 0 aliphatic heterocycles. The van der Waals surface area contributed by atoms with Gasteiger partial charge in [0.25, 0.3) is 0 Å². The molecule has 2 nitrogen and oxygen atoms in total. The first-order chi connectivity index (χ1) is 5.20. The Morgan fingerprint density at radius 2 is 2.18 bits per heavy atom. The third-order valence-corrected chi connectivity index (χ3v) is 1.48. The quantitative estimate of drug-likeness (QED) is 0.490. The van der Waals surface area contributed by atoms with Crippen LogP contribution >= 0.6 is 0 Å². The highest BCUT2D eigenvalue weighted by Crippen LogP contribution is 2.01. The molecule has 0 aromatic heterocycles. The fraction of sp³-hybridized carbons (Fsp3) is 0.778. The summed E-state index contributed by atoms with van der Waals surface area (Å²) in [5.74, 6) is 0. The minimum Gasteiger partial charge on any atom is -0.365 e. The van der Waals surface area contributed by atoms with Gasteiger partial charge in [-0.05, 0) is 25.8 Å². The topological polar surface area (TPSA) is 29.5 Å². The van der Waals surface area contributed by atoms with Crippen LogP contribution in [0.3, 0.4) is 0 Å². The molecular formula is C9H18O2. The fourth-order valence-electron chi connectivity index (χ4n) is 0.648. The Bertz CT molecular complexity index is 119. The molecular weight excluding hydrogens is 140 g/mol. The SMILES string of the molecule is CCCOC(O)C=C(C)CC. The Hall–Kier alpha value is -0.340. The van der Waals surface area contributed by atoms with Crippen molar-refractivity contribution >= 4 is 0 Å². The van der Waals surface area contributed by atoms with E-state index < -0.39 is 6.29 Å². The van der Waals surface area contributed by atoms with Crippen molar-refractivity contribution < 1.29 is 9.84 Å². The van der Waals surface area contributed by atoms with Crippen molar-refractivity contribution in [1.29, 1.82) is 0 Å². The van der Waals surface area contributed by atoms with E-state index in [0.717, 1.165) is 18.4 Å². The zero-order valence-electron chi connectivity index (χ0n) is 7.63. The van der Waals surface area contributed by atoms with Gasteiger partial charge in [-0.3, -0.25) is 0 Å². The molecule has 0 amide bonds. The first-order valence-corrected chi connectivity index (χ1v) is 4.17. The van der Waals surface area contributed by atoms with E-state index in [0.29, 0.717) is 6.61 Å². The number of ether oxygens (including phenoxy) is 1. The summed E-state index contributed by atoms with van der Waals surface area (Å²) in [6.45, 7) is 6.68. The number of aliphatic hydroxyl groups excluding tert-OH is 1. The van der Waals surface area contributed by atoms with Crippen molar-refractivity contribution in [1.82, 2.24) is 0 Å². The van der Waals surface area contributed by atoms with Gasteiger partial charge >= 0.3 is 0 Å². The van der Waals surface area contributed by atoms with Crippen molar-refractivity contribution in [2.24, 2.45) is 0 Å². The second kappa shape index (κ2) is 6.38. The molecule has 0 spiro atoms. The van der Waals surface area contributed by atoms with E-state index in [1.54, 1.807) is 6.08 Å². The Kier molecular flexibility index (Phi) is 6.18. The Balaban J connectivity index is 3.57. The summed E-state index contributed by atoms with van der Waals surface area (Å²) >= 11 is 0. The molecule has 66 valence electrons. The van der Waals surface area contributed by atoms with Crippen molar-refractivity contribution in [3.8, 4) is 0 Å². The number of hydrogen-bond donors (Lipinski definition) is 1. The van der Waals surface area contributed by atoms with Crippen LogP contribution < -0.4 is 0 Å². The molecule has 2 heteroatoms. The lowest BCUT2D eigenvalue weighted by atomic mass is 10.2. The van der Waals surface area contributed by atoms with Crippen LogP contribution in [0.1, 0.15) is 33.6 Å². The zero-order chi connectivity index (χ0) is 8.69. The van der Waals surface area contributed by atoms with Crippen LogP contribution in [-0.4, -0.2) is 18.0 Å². The largest absolute Gasteiger partial charge is 0.365 e. The van der Waals surface area contributed by atoms with Crippen LogP contribution in [0, 0.1) is 0 Å². The summed E-state index contributed by atoms with van der Waals surface area (Å²) in [4.78, 5) is 0. The summed E-state index contributed by atoms with van der Waals surface area (Å²) in [5, 5.41) is 9.18. The van der Waals surface area contributed by atoms with Crippen molar-refractivity contribution in [2.75, 3.05) is 6.61 Å². The third-order valence-electron chi connectivity index (χ3n) is 1.48. The van der Waals surface area contributed by atoms with Crippen LogP contribution in [-0.2, 0) is 4.74 Å². The van der Waals surface area contributed by atoms with Gasteiger partial charge in [0.2, 0.25) is 0 Å². The fourth-order valence-corrected chi connectivity index (χ4v) is 0.648. The molecule has 0 saturated heterocycles. The van der Waals surface area contributed by atoms with Crippen molar-refractivity contribution in [3.63, 3.8) is 0 Å². The van der Waals surface area contributed by atoms with E-state index in [2.05, 4.69) is 6.92 Å². The van der Waals surface area contributed by atoms with Crippen LogP contribution in [0.2, 0.25) is 0 Å². The lowest BCUT2D eigenvalue weighted by molar-refractivity contribution is -0.0642. The Morgan fingerprint density at radius 1 is 1.55 bits per heavy atom. The molecule has 11 heavy (non-hydrogen) atoms. The highest BCUT2D eigenvalue weighted by molar-refractivity contribution is 4.98. The number of hydrogen-bond acceptors (Lipinski definition) is 2. The van der Waals surface area contributed by atoms with Gasteiger partial charge in [0.05, 0.1) is 0 Å². The van der Waals surface area contributed by atoms with E-state index in [1.165, 1.54) is 0 Å². The van der Waals surface area contributed by atoms with Gasteiger partial charge < -0.3 is 9.84 Å². The van der Waals surface area contributed by atoms with E-state index in [1.807, 2.05) is 13.8 Å². The molecule has 0 aliphatic rings. The lowest BCUT2D eigenvalue weighted by Gasteiger charge is -2.07. The van der Waals surface area contributed by atoms with Crippen LogP contribution in [0.25, 0.3) is 0 Å². The molecule has 0 fully saturated rings. The smallest absolute Gasteiger partial charge is 0.174 e.